The van der Waals surface area contributed by atoms with Gasteiger partial charge in [-0.3, -0.25) is 4.79 Å². The third-order valence-electron chi connectivity index (χ3n) is 3.74. The predicted octanol–water partition coefficient (Wildman–Crippen LogP) is 2.70. The van der Waals surface area contributed by atoms with Gasteiger partial charge in [0.2, 0.25) is 5.91 Å². The molecule has 1 unspecified atom stereocenters. The zero-order chi connectivity index (χ0) is 13.9. The fourth-order valence-corrected chi connectivity index (χ4v) is 2.71. The fourth-order valence-electron chi connectivity index (χ4n) is 2.71. The molecule has 2 aromatic carbocycles. The summed E-state index contributed by atoms with van der Waals surface area (Å²) in [5, 5.41) is 9.26. The second-order valence-electron chi connectivity index (χ2n) is 5.14. The van der Waals surface area contributed by atoms with Gasteiger partial charge in [0.05, 0.1) is 5.69 Å². The summed E-state index contributed by atoms with van der Waals surface area (Å²) in [6, 6.07) is 18.0. The third kappa shape index (κ3) is 2.32. The summed E-state index contributed by atoms with van der Waals surface area (Å²) in [7, 11) is 0. The minimum Gasteiger partial charge on any atom is -0.396 e. The lowest BCUT2D eigenvalue weighted by molar-refractivity contribution is -0.117. The molecule has 1 atom stereocenters. The van der Waals surface area contributed by atoms with E-state index >= 15 is 0 Å². The van der Waals surface area contributed by atoms with E-state index in [-0.39, 0.29) is 18.4 Å². The molecule has 1 N–H and O–H groups in total. The van der Waals surface area contributed by atoms with Crippen LogP contribution < -0.4 is 4.90 Å². The van der Waals surface area contributed by atoms with E-state index in [0.29, 0.717) is 13.0 Å². The van der Waals surface area contributed by atoms with E-state index in [1.807, 2.05) is 54.6 Å². The van der Waals surface area contributed by atoms with Gasteiger partial charge >= 0.3 is 0 Å². The zero-order valence-electron chi connectivity index (χ0n) is 11.2. The average Bonchev–Trinajstić information content (AvgIpc) is 2.89. The van der Waals surface area contributed by atoms with E-state index < -0.39 is 0 Å². The van der Waals surface area contributed by atoms with Gasteiger partial charge in [-0.25, -0.2) is 0 Å². The molecule has 0 bridgehead atoms. The molecule has 1 heterocycles. The number of para-hydroxylation sites is 1. The Morgan fingerprint density at radius 3 is 2.45 bits per heavy atom. The Hall–Kier alpha value is -2.13. The van der Waals surface area contributed by atoms with Gasteiger partial charge in [-0.2, -0.15) is 0 Å². The summed E-state index contributed by atoms with van der Waals surface area (Å²) >= 11 is 0. The van der Waals surface area contributed by atoms with E-state index in [4.69, 9.17) is 0 Å². The number of anilines is 1. The summed E-state index contributed by atoms with van der Waals surface area (Å²) in [6.45, 7) is 0.662. The molecule has 1 amide bonds. The number of aliphatic hydroxyl groups excluding tert-OH is 1. The van der Waals surface area contributed by atoms with Gasteiger partial charge in [-0.05, 0) is 11.6 Å². The van der Waals surface area contributed by atoms with Crippen LogP contribution in [0.15, 0.2) is 54.6 Å². The summed E-state index contributed by atoms with van der Waals surface area (Å²) in [5.41, 5.74) is 3.09. The average molecular weight is 267 g/mol. The summed E-state index contributed by atoms with van der Waals surface area (Å²) in [4.78, 5) is 13.9. The van der Waals surface area contributed by atoms with Crippen LogP contribution in [0.1, 0.15) is 6.42 Å². The third-order valence-corrected chi connectivity index (χ3v) is 3.74. The van der Waals surface area contributed by atoms with Crippen LogP contribution in [0.4, 0.5) is 5.69 Å². The molecule has 1 fully saturated rings. The van der Waals surface area contributed by atoms with Crippen molar-refractivity contribution < 1.29 is 9.90 Å². The molecular formula is C17H17NO2. The van der Waals surface area contributed by atoms with Gasteiger partial charge in [-0.15, -0.1) is 0 Å². The number of hydrogen-bond acceptors (Lipinski definition) is 2. The van der Waals surface area contributed by atoms with Crippen LogP contribution in [0.2, 0.25) is 0 Å². The van der Waals surface area contributed by atoms with Crippen LogP contribution in [-0.4, -0.2) is 24.2 Å². The normalized spacial score (nSPS) is 18.6. The molecule has 2 aromatic rings. The molecule has 3 heteroatoms. The van der Waals surface area contributed by atoms with Crippen LogP contribution in [0, 0.1) is 5.92 Å². The van der Waals surface area contributed by atoms with Crippen LogP contribution in [-0.2, 0) is 4.79 Å². The van der Waals surface area contributed by atoms with Crippen molar-refractivity contribution in [2.45, 2.75) is 6.42 Å². The number of rotatable bonds is 3. The first-order valence-corrected chi connectivity index (χ1v) is 6.85. The first kappa shape index (κ1) is 12.9. The van der Waals surface area contributed by atoms with Crippen molar-refractivity contribution >= 4 is 11.6 Å². The van der Waals surface area contributed by atoms with Gasteiger partial charge in [0.15, 0.2) is 0 Å². The highest BCUT2D eigenvalue weighted by atomic mass is 16.3. The highest BCUT2D eigenvalue weighted by Gasteiger charge is 2.31. The summed E-state index contributed by atoms with van der Waals surface area (Å²) < 4.78 is 0. The predicted molar refractivity (Wildman–Crippen MR) is 79.4 cm³/mol. The SMILES string of the molecule is O=C1CC(CO)CN1c1ccccc1-c1ccccc1. The van der Waals surface area contributed by atoms with Crippen molar-refractivity contribution in [3.05, 3.63) is 54.6 Å². The van der Waals surface area contributed by atoms with E-state index in [2.05, 4.69) is 0 Å². The topological polar surface area (TPSA) is 40.5 Å². The number of amides is 1. The van der Waals surface area contributed by atoms with E-state index in [1.54, 1.807) is 4.90 Å². The van der Waals surface area contributed by atoms with Crippen molar-refractivity contribution in [1.29, 1.82) is 0 Å². The van der Waals surface area contributed by atoms with Crippen molar-refractivity contribution in [3.8, 4) is 11.1 Å². The van der Waals surface area contributed by atoms with Crippen LogP contribution in [0.3, 0.4) is 0 Å². The molecule has 1 aliphatic heterocycles. The Morgan fingerprint density at radius 1 is 1.05 bits per heavy atom. The van der Waals surface area contributed by atoms with Crippen LogP contribution >= 0.6 is 0 Å². The highest BCUT2D eigenvalue weighted by Crippen LogP contribution is 2.34. The molecular weight excluding hydrogens is 250 g/mol. The second-order valence-corrected chi connectivity index (χ2v) is 5.14. The Morgan fingerprint density at radius 2 is 1.75 bits per heavy atom. The maximum Gasteiger partial charge on any atom is 0.227 e. The number of carbonyl (C=O) groups excluding carboxylic acids is 1. The quantitative estimate of drug-likeness (QED) is 0.929. The smallest absolute Gasteiger partial charge is 0.227 e. The lowest BCUT2D eigenvalue weighted by atomic mass is 10.0. The molecule has 0 radical (unpaired) electrons. The zero-order valence-corrected chi connectivity index (χ0v) is 11.2. The molecule has 0 aromatic heterocycles. The van der Waals surface area contributed by atoms with Gasteiger partial charge in [0.1, 0.15) is 0 Å². The number of hydrogen-bond donors (Lipinski definition) is 1. The maximum absolute atomic E-state index is 12.1. The van der Waals surface area contributed by atoms with Crippen LogP contribution in [0.5, 0.6) is 0 Å². The molecule has 3 rings (SSSR count). The molecule has 0 spiro atoms. The van der Waals surface area contributed by atoms with E-state index in [1.165, 1.54) is 0 Å². The monoisotopic (exact) mass is 267 g/mol. The Kier molecular flexibility index (Phi) is 3.52. The Balaban J connectivity index is 2.01. The van der Waals surface area contributed by atoms with E-state index in [9.17, 15) is 9.90 Å². The Bertz CT molecular complexity index is 609. The van der Waals surface area contributed by atoms with Crippen molar-refractivity contribution in [2.24, 2.45) is 5.92 Å². The highest BCUT2D eigenvalue weighted by molar-refractivity contribution is 5.99. The largest absolute Gasteiger partial charge is 0.396 e. The molecule has 1 aliphatic rings. The van der Waals surface area contributed by atoms with E-state index in [0.717, 1.165) is 16.8 Å². The second kappa shape index (κ2) is 5.47. The minimum atomic E-state index is 0.0475. The van der Waals surface area contributed by atoms with Crippen molar-refractivity contribution in [2.75, 3.05) is 18.1 Å². The summed E-state index contributed by atoms with van der Waals surface area (Å²) in [5.74, 6) is 0.138. The van der Waals surface area contributed by atoms with Gasteiger partial charge in [-0.1, -0.05) is 48.5 Å². The van der Waals surface area contributed by atoms with Crippen LogP contribution in [0.25, 0.3) is 11.1 Å². The standard InChI is InChI=1S/C17H17NO2/c19-12-13-10-17(20)18(11-13)16-9-5-4-8-15(16)14-6-2-1-3-7-14/h1-9,13,19H,10-12H2. The fraction of sp³-hybridized carbons (Fsp3) is 0.235. The molecule has 20 heavy (non-hydrogen) atoms. The Labute approximate surface area is 118 Å². The van der Waals surface area contributed by atoms with Crippen molar-refractivity contribution in [3.63, 3.8) is 0 Å². The number of nitrogens with zero attached hydrogens (tertiary/aromatic N) is 1. The molecule has 3 nitrogen and oxygen atoms in total. The first-order chi connectivity index (χ1) is 9.79. The lowest BCUT2D eigenvalue weighted by Crippen LogP contribution is -2.25. The number of benzene rings is 2. The maximum atomic E-state index is 12.1. The molecule has 1 saturated heterocycles. The molecule has 0 saturated carbocycles. The lowest BCUT2D eigenvalue weighted by Gasteiger charge is -2.20. The summed E-state index contributed by atoms with van der Waals surface area (Å²) in [6.07, 6.45) is 0.430. The number of carbonyl (C=O) groups is 1. The first-order valence-electron chi connectivity index (χ1n) is 6.85. The molecule has 0 aliphatic carbocycles. The number of aliphatic hydroxyl groups is 1. The van der Waals surface area contributed by atoms with Gasteiger partial charge < -0.3 is 10.0 Å². The van der Waals surface area contributed by atoms with Crippen molar-refractivity contribution in [1.82, 2.24) is 0 Å². The van der Waals surface area contributed by atoms with Gasteiger partial charge in [0.25, 0.3) is 0 Å². The van der Waals surface area contributed by atoms with Gasteiger partial charge in [0, 0.05) is 31.1 Å². The molecule has 102 valence electrons. The minimum absolute atomic E-state index is 0.0475.